The van der Waals surface area contributed by atoms with Crippen molar-refractivity contribution in [2.24, 2.45) is 0 Å². The van der Waals surface area contributed by atoms with Crippen LogP contribution in [0.15, 0.2) is 36.9 Å². The third-order valence-corrected chi connectivity index (χ3v) is 4.48. The molecule has 134 valence electrons. The number of hydrogen-bond donors (Lipinski definition) is 0. The van der Waals surface area contributed by atoms with Crippen LogP contribution >= 0.6 is 0 Å². The Morgan fingerprint density at radius 3 is 2.64 bits per heavy atom. The van der Waals surface area contributed by atoms with Crippen molar-refractivity contribution in [2.45, 2.75) is 64.3 Å². The average Bonchev–Trinajstić information content (AvgIpc) is 3.16. The van der Waals surface area contributed by atoms with Crippen LogP contribution in [0.25, 0.3) is 0 Å². The van der Waals surface area contributed by atoms with Gasteiger partial charge in [0.15, 0.2) is 0 Å². The van der Waals surface area contributed by atoms with E-state index < -0.39 is 5.41 Å². The van der Waals surface area contributed by atoms with Gasteiger partial charge in [0.1, 0.15) is 23.8 Å². The van der Waals surface area contributed by atoms with Gasteiger partial charge in [0.25, 0.3) is 0 Å². The Bertz CT molecular complexity index is 663. The number of nitriles is 1. The van der Waals surface area contributed by atoms with E-state index in [0.717, 1.165) is 49.8 Å². The number of benzene rings is 1. The number of ether oxygens (including phenoxy) is 1. The van der Waals surface area contributed by atoms with Gasteiger partial charge in [0.2, 0.25) is 0 Å². The molecule has 1 aromatic carbocycles. The van der Waals surface area contributed by atoms with Crippen molar-refractivity contribution in [1.82, 2.24) is 14.8 Å². The van der Waals surface area contributed by atoms with Gasteiger partial charge in [0, 0.05) is 5.56 Å². The maximum atomic E-state index is 10.1. The molecule has 0 radical (unpaired) electrons. The predicted molar refractivity (Wildman–Crippen MR) is 98.3 cm³/mol. The Morgan fingerprint density at radius 1 is 1.16 bits per heavy atom. The number of para-hydroxylation sites is 1. The molecule has 0 aliphatic carbocycles. The Kier molecular flexibility index (Phi) is 7.46. The van der Waals surface area contributed by atoms with Gasteiger partial charge in [-0.05, 0) is 18.9 Å². The number of unbranched alkanes of at least 4 members (excludes halogenated alkanes) is 3. The minimum Gasteiger partial charge on any atom is -0.493 e. The largest absolute Gasteiger partial charge is 0.493 e. The van der Waals surface area contributed by atoms with Crippen molar-refractivity contribution in [3.05, 3.63) is 42.5 Å². The molecular weight excluding hydrogens is 312 g/mol. The number of rotatable bonds is 11. The molecule has 0 saturated heterocycles. The molecule has 0 saturated carbocycles. The first kappa shape index (κ1) is 19.0. The zero-order valence-corrected chi connectivity index (χ0v) is 15.3. The Morgan fingerprint density at radius 2 is 1.96 bits per heavy atom. The highest BCUT2D eigenvalue weighted by molar-refractivity contribution is 5.43. The molecule has 2 rings (SSSR count). The van der Waals surface area contributed by atoms with Crippen LogP contribution in [0.3, 0.4) is 0 Å². The van der Waals surface area contributed by atoms with Crippen LogP contribution in [-0.2, 0) is 12.0 Å². The lowest BCUT2D eigenvalue weighted by molar-refractivity contribution is 0.291. The molecule has 5 nitrogen and oxygen atoms in total. The van der Waals surface area contributed by atoms with Crippen molar-refractivity contribution in [2.75, 3.05) is 6.61 Å². The average molecular weight is 340 g/mol. The van der Waals surface area contributed by atoms with E-state index in [4.69, 9.17) is 4.74 Å². The molecule has 0 aliphatic rings. The van der Waals surface area contributed by atoms with E-state index in [1.165, 1.54) is 6.33 Å². The fourth-order valence-electron chi connectivity index (χ4n) is 3.04. The molecule has 0 bridgehead atoms. The maximum Gasteiger partial charge on any atom is 0.137 e. The highest BCUT2D eigenvalue weighted by atomic mass is 16.5. The summed E-state index contributed by atoms with van der Waals surface area (Å²) >= 11 is 0. The summed E-state index contributed by atoms with van der Waals surface area (Å²) in [4.78, 5) is 4.02. The smallest absolute Gasteiger partial charge is 0.137 e. The Labute approximate surface area is 150 Å². The van der Waals surface area contributed by atoms with Crippen molar-refractivity contribution < 1.29 is 4.74 Å². The van der Waals surface area contributed by atoms with Gasteiger partial charge in [0.05, 0.1) is 19.2 Å². The van der Waals surface area contributed by atoms with E-state index >= 15 is 0 Å². The summed E-state index contributed by atoms with van der Waals surface area (Å²) in [5, 5.41) is 14.3. The minimum absolute atomic E-state index is 0.485. The molecule has 0 spiro atoms. The Balaban J connectivity index is 2.31. The van der Waals surface area contributed by atoms with Gasteiger partial charge in [-0.2, -0.15) is 10.4 Å². The topological polar surface area (TPSA) is 63.7 Å². The third kappa shape index (κ3) is 5.06. The standard InChI is InChI=1S/C20H28N4O/c1-3-5-9-13-25-19-11-8-7-10-18(19)20(14-21,12-6-4-2)15-24-17-22-16-23-24/h7-8,10-11,16-17H,3-6,9,12-13,15H2,1-2H3. The molecule has 5 heteroatoms. The zero-order chi connectivity index (χ0) is 18.0. The monoisotopic (exact) mass is 340 g/mol. The highest BCUT2D eigenvalue weighted by Crippen LogP contribution is 2.37. The fourth-order valence-corrected chi connectivity index (χ4v) is 3.04. The molecule has 2 aromatic rings. The number of hydrogen-bond acceptors (Lipinski definition) is 4. The van der Waals surface area contributed by atoms with Crippen molar-refractivity contribution in [3.8, 4) is 11.8 Å². The van der Waals surface area contributed by atoms with E-state index in [-0.39, 0.29) is 0 Å². The summed E-state index contributed by atoms with van der Waals surface area (Å²) < 4.78 is 7.79. The van der Waals surface area contributed by atoms with Gasteiger partial charge >= 0.3 is 0 Å². The second-order valence-electron chi connectivity index (χ2n) is 6.44. The lowest BCUT2D eigenvalue weighted by atomic mass is 9.77. The maximum absolute atomic E-state index is 10.1. The first-order chi connectivity index (χ1) is 12.3. The summed E-state index contributed by atoms with van der Waals surface area (Å²) in [6.45, 7) is 5.49. The second-order valence-corrected chi connectivity index (χ2v) is 6.44. The summed E-state index contributed by atoms with van der Waals surface area (Å²) in [5.74, 6) is 0.816. The lowest BCUT2D eigenvalue weighted by Gasteiger charge is -2.29. The molecule has 0 N–H and O–H groups in total. The second kappa shape index (κ2) is 9.83. The van der Waals surface area contributed by atoms with Crippen LogP contribution in [0, 0.1) is 11.3 Å². The first-order valence-corrected chi connectivity index (χ1v) is 9.21. The van der Waals surface area contributed by atoms with Crippen LogP contribution in [0.2, 0.25) is 0 Å². The minimum atomic E-state index is -0.662. The lowest BCUT2D eigenvalue weighted by Crippen LogP contribution is -2.31. The predicted octanol–water partition coefficient (Wildman–Crippen LogP) is 4.50. The van der Waals surface area contributed by atoms with Gasteiger partial charge in [-0.3, -0.25) is 4.68 Å². The molecule has 1 atom stereocenters. The summed E-state index contributed by atoms with van der Waals surface area (Å²) in [5.41, 5.74) is 0.295. The van der Waals surface area contributed by atoms with E-state index in [0.29, 0.717) is 13.2 Å². The van der Waals surface area contributed by atoms with Crippen molar-refractivity contribution in [1.29, 1.82) is 5.26 Å². The van der Waals surface area contributed by atoms with Gasteiger partial charge < -0.3 is 4.74 Å². The fraction of sp³-hybridized carbons (Fsp3) is 0.550. The summed E-state index contributed by atoms with van der Waals surface area (Å²) in [6, 6.07) is 10.5. The normalized spacial score (nSPS) is 13.2. The van der Waals surface area contributed by atoms with E-state index in [2.05, 4.69) is 30.0 Å². The van der Waals surface area contributed by atoms with Crippen LogP contribution < -0.4 is 4.74 Å². The van der Waals surface area contributed by atoms with Crippen LogP contribution in [0.4, 0.5) is 0 Å². The highest BCUT2D eigenvalue weighted by Gasteiger charge is 2.35. The first-order valence-electron chi connectivity index (χ1n) is 9.21. The van der Waals surface area contributed by atoms with Crippen LogP contribution in [0.5, 0.6) is 5.75 Å². The third-order valence-electron chi connectivity index (χ3n) is 4.48. The van der Waals surface area contributed by atoms with Crippen molar-refractivity contribution in [3.63, 3.8) is 0 Å². The molecule has 25 heavy (non-hydrogen) atoms. The van der Waals surface area contributed by atoms with Gasteiger partial charge in [-0.1, -0.05) is 57.7 Å². The molecule has 1 aromatic heterocycles. The SMILES string of the molecule is CCCCCOc1ccccc1C(C#N)(CCCC)Cn1cncn1. The van der Waals surface area contributed by atoms with Crippen molar-refractivity contribution >= 4 is 0 Å². The molecule has 1 unspecified atom stereocenters. The van der Waals surface area contributed by atoms with Gasteiger partial charge in [-0.25, -0.2) is 4.98 Å². The van der Waals surface area contributed by atoms with E-state index in [1.54, 1.807) is 11.0 Å². The number of nitrogens with zero attached hydrogens (tertiary/aromatic N) is 4. The van der Waals surface area contributed by atoms with Crippen LogP contribution in [0.1, 0.15) is 57.9 Å². The molecule has 0 aliphatic heterocycles. The quantitative estimate of drug-likeness (QED) is 0.565. The molecular formula is C20H28N4O. The Hall–Kier alpha value is -2.35. The van der Waals surface area contributed by atoms with Gasteiger partial charge in [-0.15, -0.1) is 0 Å². The zero-order valence-electron chi connectivity index (χ0n) is 15.3. The molecule has 1 heterocycles. The van der Waals surface area contributed by atoms with E-state index in [9.17, 15) is 5.26 Å². The van der Waals surface area contributed by atoms with Crippen LogP contribution in [-0.4, -0.2) is 21.4 Å². The van der Waals surface area contributed by atoms with E-state index in [1.807, 2.05) is 24.3 Å². The summed E-state index contributed by atoms with van der Waals surface area (Å²) in [7, 11) is 0. The molecule has 0 amide bonds. The number of aromatic nitrogens is 3. The summed E-state index contributed by atoms with van der Waals surface area (Å²) in [6.07, 6.45) is 9.32. The molecule has 0 fully saturated rings.